The molecule has 0 aliphatic heterocycles. The topological polar surface area (TPSA) is 59.1 Å². The van der Waals surface area contributed by atoms with Crippen molar-refractivity contribution in [3.8, 4) is 5.75 Å². The van der Waals surface area contributed by atoms with Crippen LogP contribution >= 0.6 is 0 Å². The zero-order chi connectivity index (χ0) is 8.97. The van der Waals surface area contributed by atoms with Crippen molar-refractivity contribution >= 4 is 0 Å². The average molecular weight is 166 g/mol. The number of nitrogens with zero attached hydrogens (tertiary/aromatic N) is 1. The number of nitrogens with two attached hydrogens (primary N) is 1. The second kappa shape index (κ2) is 4.07. The number of rotatable bonds is 3. The molecule has 0 saturated carbocycles. The molecule has 1 aromatic heterocycles. The van der Waals surface area contributed by atoms with Crippen molar-refractivity contribution in [2.45, 2.75) is 26.3 Å². The summed E-state index contributed by atoms with van der Waals surface area (Å²) < 4.78 is 0. The molecule has 3 heteroatoms. The minimum Gasteiger partial charge on any atom is -0.506 e. The summed E-state index contributed by atoms with van der Waals surface area (Å²) in [5, 5.41) is 9.26. The third-order valence-corrected chi connectivity index (χ3v) is 1.75. The molecular weight excluding hydrogens is 152 g/mol. The van der Waals surface area contributed by atoms with Gasteiger partial charge in [-0.05, 0) is 12.5 Å². The molecule has 0 aromatic carbocycles. The van der Waals surface area contributed by atoms with E-state index < -0.39 is 0 Å². The summed E-state index contributed by atoms with van der Waals surface area (Å²) in [5.74, 6) is 0.192. The Kier molecular flexibility index (Phi) is 3.05. The summed E-state index contributed by atoms with van der Waals surface area (Å²) in [6, 6.07) is 1.86. The molecule has 3 N–H and O–H groups in total. The fourth-order valence-electron chi connectivity index (χ4n) is 1.10. The van der Waals surface area contributed by atoms with Crippen LogP contribution in [0.3, 0.4) is 0 Å². The van der Waals surface area contributed by atoms with Gasteiger partial charge >= 0.3 is 0 Å². The van der Waals surface area contributed by atoms with Crippen molar-refractivity contribution in [3.63, 3.8) is 0 Å². The van der Waals surface area contributed by atoms with E-state index in [-0.39, 0.29) is 5.75 Å². The van der Waals surface area contributed by atoms with Gasteiger partial charge < -0.3 is 10.8 Å². The van der Waals surface area contributed by atoms with Crippen molar-refractivity contribution in [2.75, 3.05) is 0 Å². The standard InChI is InChI=1S/C9H14N2O/c1-2-3-8-4-7(5-10)9(12)6-11-8/h4,6,12H,2-3,5,10H2,1H3. The maximum Gasteiger partial charge on any atom is 0.138 e. The number of hydrogen-bond donors (Lipinski definition) is 2. The molecular formula is C9H14N2O. The van der Waals surface area contributed by atoms with Gasteiger partial charge in [0.15, 0.2) is 0 Å². The minimum atomic E-state index is 0.192. The van der Waals surface area contributed by atoms with Crippen LogP contribution in [0.2, 0.25) is 0 Å². The van der Waals surface area contributed by atoms with Crippen LogP contribution in [0.15, 0.2) is 12.3 Å². The lowest BCUT2D eigenvalue weighted by molar-refractivity contribution is 0.465. The van der Waals surface area contributed by atoms with Gasteiger partial charge in [-0.15, -0.1) is 0 Å². The zero-order valence-corrected chi connectivity index (χ0v) is 7.25. The fourth-order valence-corrected chi connectivity index (χ4v) is 1.10. The number of pyridine rings is 1. The Morgan fingerprint density at radius 3 is 2.92 bits per heavy atom. The van der Waals surface area contributed by atoms with Crippen LogP contribution < -0.4 is 5.73 Å². The van der Waals surface area contributed by atoms with Gasteiger partial charge in [0.2, 0.25) is 0 Å². The maximum atomic E-state index is 9.26. The molecule has 0 spiro atoms. The maximum absolute atomic E-state index is 9.26. The van der Waals surface area contributed by atoms with Crippen LogP contribution in [0.25, 0.3) is 0 Å². The summed E-state index contributed by atoms with van der Waals surface area (Å²) in [6.07, 6.45) is 3.46. The van der Waals surface area contributed by atoms with E-state index in [4.69, 9.17) is 5.73 Å². The molecule has 0 amide bonds. The first-order chi connectivity index (χ1) is 5.77. The fraction of sp³-hybridized carbons (Fsp3) is 0.444. The second-order valence-electron chi connectivity index (χ2n) is 2.76. The Bertz CT molecular complexity index is 261. The molecule has 0 unspecified atom stereocenters. The number of aryl methyl sites for hydroxylation is 1. The first-order valence-corrected chi connectivity index (χ1v) is 4.14. The highest BCUT2D eigenvalue weighted by Gasteiger charge is 2.00. The van der Waals surface area contributed by atoms with E-state index in [1.54, 1.807) is 0 Å². The predicted octanol–water partition coefficient (Wildman–Crippen LogP) is 1.20. The Hall–Kier alpha value is -1.09. The molecule has 0 saturated heterocycles. The number of hydrogen-bond acceptors (Lipinski definition) is 3. The summed E-state index contributed by atoms with van der Waals surface area (Å²) in [6.45, 7) is 2.46. The first kappa shape index (κ1) is 9.00. The lowest BCUT2D eigenvalue weighted by Gasteiger charge is -2.03. The van der Waals surface area contributed by atoms with Crippen LogP contribution in [0, 0.1) is 0 Å². The van der Waals surface area contributed by atoms with Crippen LogP contribution in [0.5, 0.6) is 5.75 Å². The molecule has 3 nitrogen and oxygen atoms in total. The van der Waals surface area contributed by atoms with E-state index in [1.165, 1.54) is 6.20 Å². The van der Waals surface area contributed by atoms with E-state index in [9.17, 15) is 5.11 Å². The molecule has 0 aliphatic carbocycles. The predicted molar refractivity (Wildman–Crippen MR) is 47.8 cm³/mol. The van der Waals surface area contributed by atoms with Gasteiger partial charge in [0, 0.05) is 17.8 Å². The molecule has 1 aromatic rings. The van der Waals surface area contributed by atoms with Gasteiger partial charge in [0.05, 0.1) is 6.20 Å². The van der Waals surface area contributed by atoms with Gasteiger partial charge in [-0.25, -0.2) is 0 Å². The third-order valence-electron chi connectivity index (χ3n) is 1.75. The van der Waals surface area contributed by atoms with Crippen molar-refractivity contribution in [2.24, 2.45) is 5.73 Å². The molecule has 12 heavy (non-hydrogen) atoms. The summed E-state index contributed by atoms with van der Waals surface area (Å²) >= 11 is 0. The van der Waals surface area contributed by atoms with Crippen LogP contribution in [-0.2, 0) is 13.0 Å². The quantitative estimate of drug-likeness (QED) is 0.709. The van der Waals surface area contributed by atoms with Crippen molar-refractivity contribution in [3.05, 3.63) is 23.5 Å². The van der Waals surface area contributed by atoms with Gasteiger partial charge in [-0.1, -0.05) is 13.3 Å². The first-order valence-electron chi connectivity index (χ1n) is 4.14. The number of aromatic hydroxyl groups is 1. The molecule has 0 bridgehead atoms. The lowest BCUT2D eigenvalue weighted by Crippen LogP contribution is -1.99. The smallest absolute Gasteiger partial charge is 0.138 e. The lowest BCUT2D eigenvalue weighted by atomic mass is 10.1. The van der Waals surface area contributed by atoms with E-state index in [1.807, 2.05) is 6.07 Å². The Morgan fingerprint density at radius 1 is 1.58 bits per heavy atom. The summed E-state index contributed by atoms with van der Waals surface area (Å²) in [5.41, 5.74) is 7.20. The molecule has 1 rings (SSSR count). The molecule has 0 radical (unpaired) electrons. The van der Waals surface area contributed by atoms with Crippen LogP contribution in [-0.4, -0.2) is 10.1 Å². The summed E-state index contributed by atoms with van der Waals surface area (Å²) in [4.78, 5) is 4.07. The monoisotopic (exact) mass is 166 g/mol. The zero-order valence-electron chi connectivity index (χ0n) is 7.25. The van der Waals surface area contributed by atoms with Gasteiger partial charge in [0.1, 0.15) is 5.75 Å². The van der Waals surface area contributed by atoms with Crippen LogP contribution in [0.4, 0.5) is 0 Å². The highest BCUT2D eigenvalue weighted by Crippen LogP contribution is 2.15. The SMILES string of the molecule is CCCc1cc(CN)c(O)cn1. The molecule has 66 valence electrons. The van der Waals surface area contributed by atoms with E-state index in [2.05, 4.69) is 11.9 Å². The molecule has 0 fully saturated rings. The van der Waals surface area contributed by atoms with Gasteiger partial charge in [-0.3, -0.25) is 4.98 Å². The molecule has 0 atom stereocenters. The normalized spacial score (nSPS) is 10.2. The Balaban J connectivity index is 2.89. The van der Waals surface area contributed by atoms with Gasteiger partial charge in [0.25, 0.3) is 0 Å². The molecule has 0 aliphatic rings. The van der Waals surface area contributed by atoms with E-state index in [0.717, 1.165) is 24.1 Å². The third kappa shape index (κ3) is 1.95. The van der Waals surface area contributed by atoms with E-state index >= 15 is 0 Å². The molecule has 1 heterocycles. The summed E-state index contributed by atoms with van der Waals surface area (Å²) in [7, 11) is 0. The Morgan fingerprint density at radius 2 is 2.33 bits per heavy atom. The minimum absolute atomic E-state index is 0.192. The number of aromatic nitrogens is 1. The van der Waals surface area contributed by atoms with Gasteiger partial charge in [-0.2, -0.15) is 0 Å². The Labute approximate surface area is 72.2 Å². The van der Waals surface area contributed by atoms with Crippen LogP contribution in [0.1, 0.15) is 24.6 Å². The van der Waals surface area contributed by atoms with E-state index in [0.29, 0.717) is 6.54 Å². The highest BCUT2D eigenvalue weighted by atomic mass is 16.3. The van der Waals surface area contributed by atoms with Crippen molar-refractivity contribution in [1.29, 1.82) is 0 Å². The highest BCUT2D eigenvalue weighted by molar-refractivity contribution is 5.30. The second-order valence-corrected chi connectivity index (χ2v) is 2.76. The average Bonchev–Trinajstić information content (AvgIpc) is 2.09. The largest absolute Gasteiger partial charge is 0.506 e. The van der Waals surface area contributed by atoms with Crippen molar-refractivity contribution < 1.29 is 5.11 Å². The van der Waals surface area contributed by atoms with Crippen molar-refractivity contribution in [1.82, 2.24) is 4.98 Å².